The van der Waals surface area contributed by atoms with E-state index in [2.05, 4.69) is 21.7 Å². The van der Waals surface area contributed by atoms with Gasteiger partial charge in [-0.25, -0.2) is 0 Å². The summed E-state index contributed by atoms with van der Waals surface area (Å²) >= 11 is 1.76. The van der Waals surface area contributed by atoms with Gasteiger partial charge in [0.05, 0.1) is 12.1 Å². The first-order valence-electron chi connectivity index (χ1n) is 8.97. The smallest absolute Gasteiger partial charge is 0.253 e. The van der Waals surface area contributed by atoms with Crippen molar-refractivity contribution < 1.29 is 9.53 Å². The van der Waals surface area contributed by atoms with E-state index in [9.17, 15) is 4.79 Å². The van der Waals surface area contributed by atoms with Crippen LogP contribution in [-0.2, 0) is 16.1 Å². The van der Waals surface area contributed by atoms with Gasteiger partial charge in [-0.05, 0) is 60.3 Å². The highest BCUT2D eigenvalue weighted by molar-refractivity contribution is 7.07. The van der Waals surface area contributed by atoms with Crippen LogP contribution in [0.2, 0.25) is 0 Å². The Morgan fingerprint density at radius 1 is 1.12 bits per heavy atom. The Labute approximate surface area is 153 Å². The number of likely N-dealkylation sites (tertiary alicyclic amines) is 1. The van der Waals surface area contributed by atoms with Crippen LogP contribution in [0.15, 0.2) is 47.2 Å². The molecule has 4 nitrogen and oxygen atoms in total. The number of benzene rings is 1. The molecule has 1 aromatic heterocycles. The van der Waals surface area contributed by atoms with Gasteiger partial charge in [-0.2, -0.15) is 11.3 Å². The van der Waals surface area contributed by atoms with Crippen molar-refractivity contribution >= 4 is 22.9 Å². The number of anilines is 1. The van der Waals surface area contributed by atoms with Crippen molar-refractivity contribution in [2.45, 2.75) is 31.4 Å². The van der Waals surface area contributed by atoms with Crippen LogP contribution in [-0.4, -0.2) is 42.6 Å². The number of nitrogens with zero attached hydrogens (tertiary/aromatic N) is 2. The molecule has 0 aliphatic carbocycles. The largest absolute Gasteiger partial charge is 0.363 e. The zero-order valence-electron chi connectivity index (χ0n) is 14.4. The summed E-state index contributed by atoms with van der Waals surface area (Å²) in [7, 11) is 0. The lowest BCUT2D eigenvalue weighted by atomic mass is 9.92. The van der Waals surface area contributed by atoms with Crippen LogP contribution < -0.4 is 4.90 Å². The first-order valence-corrected chi connectivity index (χ1v) is 9.91. The molecule has 1 amide bonds. The monoisotopic (exact) mass is 356 g/mol. The fourth-order valence-electron chi connectivity index (χ4n) is 3.88. The number of ether oxygens (including phenoxy) is 1. The van der Waals surface area contributed by atoms with E-state index in [0.717, 1.165) is 44.6 Å². The quantitative estimate of drug-likeness (QED) is 0.843. The summed E-state index contributed by atoms with van der Waals surface area (Å²) in [5.41, 5.74) is 2.17. The lowest BCUT2D eigenvalue weighted by Gasteiger charge is -2.42. The van der Waals surface area contributed by atoms with Crippen molar-refractivity contribution in [3.8, 4) is 0 Å². The molecule has 2 aliphatic rings. The molecule has 2 fully saturated rings. The SMILES string of the molecule is O=C1COC2(CCCN(Cc3ccsc3)CC2)CN1c1ccccc1. The highest BCUT2D eigenvalue weighted by Crippen LogP contribution is 2.33. The molecule has 0 bridgehead atoms. The van der Waals surface area contributed by atoms with Crippen LogP contribution >= 0.6 is 11.3 Å². The summed E-state index contributed by atoms with van der Waals surface area (Å²) in [6.07, 6.45) is 3.11. The third-order valence-electron chi connectivity index (χ3n) is 5.29. The van der Waals surface area contributed by atoms with Crippen molar-refractivity contribution in [2.75, 3.05) is 31.1 Å². The van der Waals surface area contributed by atoms with Crippen molar-refractivity contribution in [1.82, 2.24) is 4.90 Å². The van der Waals surface area contributed by atoms with E-state index in [1.165, 1.54) is 5.56 Å². The predicted octanol–water partition coefficient (Wildman–Crippen LogP) is 3.54. The molecule has 2 aromatic rings. The molecule has 1 unspecified atom stereocenters. The highest BCUT2D eigenvalue weighted by Gasteiger charge is 2.41. The second-order valence-corrected chi connectivity index (χ2v) is 7.83. The van der Waals surface area contributed by atoms with Crippen molar-refractivity contribution in [1.29, 1.82) is 0 Å². The van der Waals surface area contributed by atoms with Crippen LogP contribution in [0.5, 0.6) is 0 Å². The van der Waals surface area contributed by atoms with Gasteiger partial charge in [-0.3, -0.25) is 9.69 Å². The maximum Gasteiger partial charge on any atom is 0.253 e. The molecule has 0 saturated carbocycles. The van der Waals surface area contributed by atoms with E-state index < -0.39 is 0 Å². The van der Waals surface area contributed by atoms with E-state index in [-0.39, 0.29) is 18.1 Å². The summed E-state index contributed by atoms with van der Waals surface area (Å²) < 4.78 is 6.12. The lowest BCUT2D eigenvalue weighted by molar-refractivity contribution is -0.140. The number of carbonyl (C=O) groups excluding carboxylic acids is 1. The number of hydrogen-bond donors (Lipinski definition) is 0. The summed E-state index contributed by atoms with van der Waals surface area (Å²) in [6, 6.07) is 12.2. The minimum Gasteiger partial charge on any atom is -0.363 e. The van der Waals surface area contributed by atoms with Crippen LogP contribution in [0.25, 0.3) is 0 Å². The Bertz CT molecular complexity index is 704. The van der Waals surface area contributed by atoms with Gasteiger partial charge < -0.3 is 9.64 Å². The molecule has 2 aliphatic heterocycles. The number of hydrogen-bond acceptors (Lipinski definition) is 4. The fourth-order valence-corrected chi connectivity index (χ4v) is 4.54. The topological polar surface area (TPSA) is 32.8 Å². The molecule has 3 heterocycles. The molecular weight excluding hydrogens is 332 g/mol. The van der Waals surface area contributed by atoms with Crippen molar-refractivity contribution in [3.05, 3.63) is 52.7 Å². The zero-order valence-corrected chi connectivity index (χ0v) is 15.2. The maximum atomic E-state index is 12.4. The number of amides is 1. The number of para-hydroxylation sites is 1. The molecule has 0 N–H and O–H groups in total. The lowest BCUT2D eigenvalue weighted by Crippen LogP contribution is -2.55. The molecule has 1 aromatic carbocycles. The summed E-state index contributed by atoms with van der Waals surface area (Å²) in [4.78, 5) is 16.8. The number of carbonyl (C=O) groups is 1. The first-order chi connectivity index (χ1) is 12.2. The number of thiophene rings is 1. The van der Waals surface area contributed by atoms with E-state index in [1.807, 2.05) is 35.2 Å². The minimum atomic E-state index is -0.201. The number of morpholine rings is 1. The Morgan fingerprint density at radius 3 is 2.80 bits per heavy atom. The van der Waals surface area contributed by atoms with Gasteiger partial charge in [0.2, 0.25) is 0 Å². The molecule has 132 valence electrons. The second-order valence-electron chi connectivity index (χ2n) is 7.05. The van der Waals surface area contributed by atoms with E-state index in [1.54, 1.807) is 11.3 Å². The van der Waals surface area contributed by atoms with Crippen LogP contribution in [0.1, 0.15) is 24.8 Å². The fraction of sp³-hybridized carbons (Fsp3) is 0.450. The second kappa shape index (κ2) is 7.28. The van der Waals surface area contributed by atoms with E-state index >= 15 is 0 Å². The third kappa shape index (κ3) is 3.78. The predicted molar refractivity (Wildman–Crippen MR) is 101 cm³/mol. The molecule has 4 rings (SSSR count). The van der Waals surface area contributed by atoms with Gasteiger partial charge in [-0.15, -0.1) is 0 Å². The average Bonchev–Trinajstić information content (AvgIpc) is 3.08. The van der Waals surface area contributed by atoms with Gasteiger partial charge in [0.15, 0.2) is 0 Å². The van der Waals surface area contributed by atoms with Gasteiger partial charge in [0, 0.05) is 18.8 Å². The zero-order chi connectivity index (χ0) is 17.1. The van der Waals surface area contributed by atoms with E-state index in [4.69, 9.17) is 4.74 Å². The molecule has 25 heavy (non-hydrogen) atoms. The normalized spacial score (nSPS) is 25.3. The third-order valence-corrected chi connectivity index (χ3v) is 6.03. The van der Waals surface area contributed by atoms with Gasteiger partial charge in [-0.1, -0.05) is 18.2 Å². The van der Waals surface area contributed by atoms with E-state index in [0.29, 0.717) is 6.54 Å². The van der Waals surface area contributed by atoms with Gasteiger partial charge >= 0.3 is 0 Å². The minimum absolute atomic E-state index is 0.0659. The van der Waals surface area contributed by atoms with Gasteiger partial charge in [0.25, 0.3) is 5.91 Å². The molecule has 0 radical (unpaired) electrons. The van der Waals surface area contributed by atoms with Crippen LogP contribution in [0.4, 0.5) is 5.69 Å². The number of rotatable bonds is 3. The maximum absolute atomic E-state index is 12.4. The molecule has 1 spiro atoms. The van der Waals surface area contributed by atoms with Crippen molar-refractivity contribution in [3.63, 3.8) is 0 Å². The van der Waals surface area contributed by atoms with Gasteiger partial charge in [0.1, 0.15) is 6.61 Å². The van der Waals surface area contributed by atoms with Crippen molar-refractivity contribution in [2.24, 2.45) is 0 Å². The Balaban J connectivity index is 1.45. The Morgan fingerprint density at radius 2 is 2.00 bits per heavy atom. The Kier molecular flexibility index (Phi) is 4.88. The molecule has 1 atom stereocenters. The molecule has 2 saturated heterocycles. The summed E-state index contributed by atoms with van der Waals surface area (Å²) in [5.74, 6) is 0.0659. The highest BCUT2D eigenvalue weighted by atomic mass is 32.1. The summed E-state index contributed by atoms with van der Waals surface area (Å²) in [5, 5.41) is 4.37. The van der Waals surface area contributed by atoms with Crippen LogP contribution in [0, 0.1) is 0 Å². The van der Waals surface area contributed by atoms with Crippen LogP contribution in [0.3, 0.4) is 0 Å². The summed E-state index contributed by atoms with van der Waals surface area (Å²) in [6.45, 7) is 4.00. The Hall–Kier alpha value is -1.69. The first kappa shape index (κ1) is 16.8. The standard InChI is InChI=1S/C20H24N2O2S/c23-19-14-24-20(16-22(19)18-5-2-1-3-6-18)8-4-10-21(11-9-20)13-17-7-12-25-15-17/h1-3,5-7,12,15H,4,8-11,13-14,16H2. The average molecular weight is 356 g/mol. The molecule has 5 heteroatoms. The molecular formula is C20H24N2O2S.